The Bertz CT molecular complexity index is 943. The topological polar surface area (TPSA) is 81.5 Å². The lowest BCUT2D eigenvalue weighted by molar-refractivity contribution is -0.139. The Morgan fingerprint density at radius 2 is 1.81 bits per heavy atom. The quantitative estimate of drug-likeness (QED) is 0.627. The SMILES string of the molecule is O=C(O)COc1cc(F)c(OCc2snnc2-c2ccc(Cl)cc2)c(F)c1. The smallest absolute Gasteiger partial charge is 0.341 e. The summed E-state index contributed by atoms with van der Waals surface area (Å²) in [5.74, 6) is -4.14. The molecule has 0 saturated carbocycles. The minimum absolute atomic E-state index is 0.154. The van der Waals surface area contributed by atoms with Gasteiger partial charge in [-0.05, 0) is 23.7 Å². The Hall–Kier alpha value is -2.78. The van der Waals surface area contributed by atoms with Crippen molar-refractivity contribution < 1.29 is 28.2 Å². The van der Waals surface area contributed by atoms with Crippen LogP contribution in [0.3, 0.4) is 0 Å². The third-order valence-electron chi connectivity index (χ3n) is 3.36. The minimum atomic E-state index is -1.26. The van der Waals surface area contributed by atoms with Gasteiger partial charge < -0.3 is 14.6 Å². The number of rotatable bonds is 7. The van der Waals surface area contributed by atoms with Gasteiger partial charge in [0.15, 0.2) is 24.0 Å². The highest BCUT2D eigenvalue weighted by molar-refractivity contribution is 7.05. The maximum Gasteiger partial charge on any atom is 0.341 e. The fraction of sp³-hybridized carbons (Fsp3) is 0.118. The molecule has 3 aromatic rings. The summed E-state index contributed by atoms with van der Waals surface area (Å²) in [6.07, 6.45) is 0. The maximum absolute atomic E-state index is 14.1. The summed E-state index contributed by atoms with van der Waals surface area (Å²) >= 11 is 6.90. The highest BCUT2D eigenvalue weighted by Gasteiger charge is 2.17. The van der Waals surface area contributed by atoms with E-state index in [9.17, 15) is 13.6 Å². The first-order chi connectivity index (χ1) is 12.9. The highest BCUT2D eigenvalue weighted by atomic mass is 35.5. The molecule has 10 heteroatoms. The van der Waals surface area contributed by atoms with Gasteiger partial charge in [-0.25, -0.2) is 13.6 Å². The van der Waals surface area contributed by atoms with Crippen molar-refractivity contribution in [3.05, 3.63) is 57.9 Å². The molecule has 6 nitrogen and oxygen atoms in total. The number of carboxylic acids is 1. The van der Waals surface area contributed by atoms with Crippen LogP contribution in [0.2, 0.25) is 5.02 Å². The fourth-order valence-corrected chi connectivity index (χ4v) is 2.88. The first-order valence-electron chi connectivity index (χ1n) is 7.47. The predicted octanol–water partition coefficient (Wildman–Crippen LogP) is 4.18. The van der Waals surface area contributed by atoms with Crippen LogP contribution in [-0.4, -0.2) is 27.3 Å². The third kappa shape index (κ3) is 4.69. The molecule has 0 atom stereocenters. The lowest BCUT2D eigenvalue weighted by Crippen LogP contribution is -2.10. The Morgan fingerprint density at radius 3 is 2.44 bits per heavy atom. The molecular formula is C17H11ClF2N2O4S. The second-order valence-electron chi connectivity index (χ2n) is 5.24. The number of ether oxygens (including phenoxy) is 2. The van der Waals surface area contributed by atoms with Crippen LogP contribution in [0, 0.1) is 11.6 Å². The van der Waals surface area contributed by atoms with Gasteiger partial charge in [0.25, 0.3) is 0 Å². The Kier molecular flexibility index (Phi) is 5.82. The first kappa shape index (κ1) is 19.0. The number of nitrogens with zero attached hydrogens (tertiary/aromatic N) is 2. The first-order valence-corrected chi connectivity index (χ1v) is 8.63. The Morgan fingerprint density at radius 1 is 1.15 bits per heavy atom. The summed E-state index contributed by atoms with van der Waals surface area (Å²) in [5, 5.41) is 13.1. The average molecular weight is 413 g/mol. The summed E-state index contributed by atoms with van der Waals surface area (Å²) in [4.78, 5) is 11.0. The molecule has 0 unspecified atom stereocenters. The van der Waals surface area contributed by atoms with Gasteiger partial charge in [0.05, 0.1) is 4.88 Å². The van der Waals surface area contributed by atoms with Gasteiger partial charge in [-0.2, -0.15) is 0 Å². The van der Waals surface area contributed by atoms with Gasteiger partial charge in [0.2, 0.25) is 0 Å². The summed E-state index contributed by atoms with van der Waals surface area (Å²) in [6, 6.07) is 8.58. The van der Waals surface area contributed by atoms with Crippen LogP contribution in [0.25, 0.3) is 11.3 Å². The standard InChI is InChI=1S/C17H11ClF2N2O4S/c18-10-3-1-9(2-4-10)16-14(27-22-21-16)7-26-17-12(19)5-11(6-13(17)20)25-8-15(23)24/h1-6H,7-8H2,(H,23,24). The van der Waals surface area contributed by atoms with E-state index in [2.05, 4.69) is 9.59 Å². The molecule has 0 bridgehead atoms. The number of hydrogen-bond donors (Lipinski definition) is 1. The molecule has 1 aromatic heterocycles. The molecule has 0 saturated heterocycles. The van der Waals surface area contributed by atoms with Crippen molar-refractivity contribution in [3.8, 4) is 22.8 Å². The van der Waals surface area contributed by atoms with Gasteiger partial charge in [0, 0.05) is 22.7 Å². The number of aliphatic carboxylic acids is 1. The largest absolute Gasteiger partial charge is 0.482 e. The van der Waals surface area contributed by atoms with E-state index < -0.39 is 30.0 Å². The summed E-state index contributed by atoms with van der Waals surface area (Å²) in [5.41, 5.74) is 1.27. The molecule has 0 radical (unpaired) electrons. The molecule has 1 N–H and O–H groups in total. The summed E-state index contributed by atoms with van der Waals surface area (Å²) < 4.78 is 42.1. The summed E-state index contributed by atoms with van der Waals surface area (Å²) in [7, 11) is 0. The molecule has 27 heavy (non-hydrogen) atoms. The van der Waals surface area contributed by atoms with Gasteiger partial charge in [-0.15, -0.1) is 5.10 Å². The normalized spacial score (nSPS) is 10.6. The zero-order valence-corrected chi connectivity index (χ0v) is 15.1. The van der Waals surface area contributed by atoms with Crippen molar-refractivity contribution in [3.63, 3.8) is 0 Å². The van der Waals surface area contributed by atoms with E-state index in [0.29, 0.717) is 15.6 Å². The predicted molar refractivity (Wildman–Crippen MR) is 94.2 cm³/mol. The zero-order valence-electron chi connectivity index (χ0n) is 13.5. The number of halogens is 3. The third-order valence-corrected chi connectivity index (χ3v) is 4.30. The fourth-order valence-electron chi connectivity index (χ4n) is 2.17. The van der Waals surface area contributed by atoms with Gasteiger partial charge in [-0.1, -0.05) is 28.2 Å². The Labute approximate surface area is 161 Å². The zero-order chi connectivity index (χ0) is 19.4. The van der Waals surface area contributed by atoms with E-state index in [-0.39, 0.29) is 12.4 Å². The van der Waals surface area contributed by atoms with Crippen LogP contribution >= 0.6 is 23.1 Å². The molecular weight excluding hydrogens is 402 g/mol. The van der Waals surface area contributed by atoms with Crippen molar-refractivity contribution in [1.29, 1.82) is 0 Å². The average Bonchev–Trinajstić information content (AvgIpc) is 3.08. The van der Waals surface area contributed by atoms with E-state index in [1.807, 2.05) is 0 Å². The second kappa shape index (κ2) is 8.28. The molecule has 2 aromatic carbocycles. The van der Waals surface area contributed by atoms with Crippen molar-refractivity contribution >= 4 is 29.1 Å². The van der Waals surface area contributed by atoms with Gasteiger partial charge >= 0.3 is 5.97 Å². The van der Waals surface area contributed by atoms with Crippen LogP contribution < -0.4 is 9.47 Å². The number of carbonyl (C=O) groups is 1. The van der Waals surface area contributed by atoms with Crippen molar-refractivity contribution in [1.82, 2.24) is 9.59 Å². The molecule has 0 aliphatic rings. The molecule has 1 heterocycles. The Balaban J connectivity index is 1.75. The highest BCUT2D eigenvalue weighted by Crippen LogP contribution is 2.30. The van der Waals surface area contributed by atoms with Crippen LogP contribution in [0.5, 0.6) is 11.5 Å². The van der Waals surface area contributed by atoms with E-state index in [0.717, 1.165) is 29.2 Å². The maximum atomic E-state index is 14.1. The number of benzene rings is 2. The lowest BCUT2D eigenvalue weighted by Gasteiger charge is -2.10. The number of aromatic nitrogens is 2. The van der Waals surface area contributed by atoms with E-state index >= 15 is 0 Å². The van der Waals surface area contributed by atoms with Crippen molar-refractivity contribution in [2.45, 2.75) is 6.61 Å². The molecule has 0 aliphatic heterocycles. The van der Waals surface area contributed by atoms with Gasteiger partial charge in [-0.3, -0.25) is 0 Å². The van der Waals surface area contributed by atoms with Gasteiger partial charge in [0.1, 0.15) is 18.1 Å². The molecule has 0 spiro atoms. The monoisotopic (exact) mass is 412 g/mol. The van der Waals surface area contributed by atoms with E-state index in [1.54, 1.807) is 24.3 Å². The van der Waals surface area contributed by atoms with E-state index in [4.69, 9.17) is 26.2 Å². The second-order valence-corrected chi connectivity index (χ2v) is 6.51. The molecule has 0 fully saturated rings. The molecule has 0 amide bonds. The van der Waals surface area contributed by atoms with Crippen molar-refractivity contribution in [2.24, 2.45) is 0 Å². The minimum Gasteiger partial charge on any atom is -0.482 e. The lowest BCUT2D eigenvalue weighted by atomic mass is 10.1. The van der Waals surface area contributed by atoms with Crippen LogP contribution in [0.4, 0.5) is 8.78 Å². The molecule has 0 aliphatic carbocycles. The molecule has 3 rings (SSSR count). The van der Waals surface area contributed by atoms with Crippen LogP contribution in [0.1, 0.15) is 4.88 Å². The van der Waals surface area contributed by atoms with Crippen molar-refractivity contribution in [2.75, 3.05) is 6.61 Å². The number of carboxylic acid groups (broad SMARTS) is 1. The molecule has 140 valence electrons. The van der Waals surface area contributed by atoms with E-state index in [1.165, 1.54) is 0 Å². The van der Waals surface area contributed by atoms with Crippen LogP contribution in [0.15, 0.2) is 36.4 Å². The van der Waals surface area contributed by atoms with Crippen LogP contribution in [-0.2, 0) is 11.4 Å². The summed E-state index contributed by atoms with van der Waals surface area (Å²) in [6.45, 7) is -0.866. The number of hydrogen-bond acceptors (Lipinski definition) is 6.